The number of hydrogen-bond donors (Lipinski definition) is 2. The fourth-order valence-electron chi connectivity index (χ4n) is 3.35. The molecule has 0 aliphatic rings. The van der Waals surface area contributed by atoms with Crippen LogP contribution >= 0.6 is 0 Å². The minimum atomic E-state index is 0.447. The summed E-state index contributed by atoms with van der Waals surface area (Å²) in [5.41, 5.74) is 12.6. The zero-order valence-corrected chi connectivity index (χ0v) is 14.7. The number of anilines is 1. The van der Waals surface area contributed by atoms with E-state index in [1.807, 2.05) is 48.5 Å². The zero-order chi connectivity index (χ0) is 18.1. The Labute approximate surface area is 153 Å². The van der Waals surface area contributed by atoms with Gasteiger partial charge in [-0.25, -0.2) is 0 Å². The molecule has 3 N–H and O–H groups in total. The van der Waals surface area contributed by atoms with Gasteiger partial charge >= 0.3 is 0 Å². The molecule has 4 aromatic rings. The molecule has 4 rings (SSSR count). The average molecular weight is 336 g/mol. The minimum Gasteiger partial charge on any atom is -0.398 e. The van der Waals surface area contributed by atoms with E-state index >= 15 is 0 Å². The summed E-state index contributed by atoms with van der Waals surface area (Å²) in [5, 5.41) is 10.8. The number of fused-ring (bicyclic) bond motifs is 1. The molecule has 0 saturated heterocycles. The highest BCUT2D eigenvalue weighted by atomic mass is 14.6. The Morgan fingerprint density at radius 3 is 2.31 bits per heavy atom. The van der Waals surface area contributed by atoms with Gasteiger partial charge in [-0.05, 0) is 29.5 Å². The molecule has 0 aromatic heterocycles. The summed E-state index contributed by atoms with van der Waals surface area (Å²) >= 11 is 0. The lowest BCUT2D eigenvalue weighted by Crippen LogP contribution is -2.06. The molecule has 0 amide bonds. The maximum atomic E-state index is 8.71. The molecular formula is C24H20N2. The summed E-state index contributed by atoms with van der Waals surface area (Å²) in [6, 6.07) is 28.5. The van der Waals surface area contributed by atoms with Crippen LogP contribution in [0, 0.1) is 12.3 Å². The highest BCUT2D eigenvalue weighted by Crippen LogP contribution is 2.28. The molecule has 0 spiro atoms. The number of nitrogen functional groups attached to an aromatic ring is 1. The van der Waals surface area contributed by atoms with Crippen molar-refractivity contribution in [3.8, 4) is 11.1 Å². The quantitative estimate of drug-likeness (QED) is 0.360. The lowest BCUT2D eigenvalue weighted by atomic mass is 9.94. The van der Waals surface area contributed by atoms with Crippen LogP contribution in [0.15, 0.2) is 84.9 Å². The number of aryl methyl sites for hydroxylation is 1. The third-order valence-electron chi connectivity index (χ3n) is 4.74. The van der Waals surface area contributed by atoms with Crippen LogP contribution in [0.3, 0.4) is 0 Å². The molecule has 0 aliphatic carbocycles. The van der Waals surface area contributed by atoms with Crippen molar-refractivity contribution < 1.29 is 0 Å². The van der Waals surface area contributed by atoms with E-state index in [0.29, 0.717) is 11.4 Å². The molecule has 2 heteroatoms. The topological polar surface area (TPSA) is 49.9 Å². The molecule has 0 aliphatic heterocycles. The zero-order valence-electron chi connectivity index (χ0n) is 14.7. The first-order chi connectivity index (χ1) is 12.6. The van der Waals surface area contributed by atoms with Crippen LogP contribution in [0.2, 0.25) is 0 Å². The van der Waals surface area contributed by atoms with E-state index in [4.69, 9.17) is 11.1 Å². The van der Waals surface area contributed by atoms with Gasteiger partial charge in [0.25, 0.3) is 0 Å². The highest BCUT2D eigenvalue weighted by molar-refractivity contribution is 6.17. The van der Waals surface area contributed by atoms with Crippen molar-refractivity contribution in [2.75, 3.05) is 5.73 Å². The molecule has 0 radical (unpaired) electrons. The number of benzene rings is 4. The van der Waals surface area contributed by atoms with Gasteiger partial charge in [-0.3, -0.25) is 5.41 Å². The Morgan fingerprint density at radius 2 is 1.50 bits per heavy atom. The smallest absolute Gasteiger partial charge is 0.0705 e. The summed E-state index contributed by atoms with van der Waals surface area (Å²) < 4.78 is 0. The molecule has 0 atom stereocenters. The standard InChI is InChI=1S/C24H20N2/c1-16-6-4-8-18(14-16)19-9-5-10-20(15-19)23(25)22-13-12-17-7-2-3-11-21(17)24(22)26/h2-15,25H,26H2,1H3. The third-order valence-corrected chi connectivity index (χ3v) is 4.74. The van der Waals surface area contributed by atoms with Gasteiger partial charge in [-0.1, -0.05) is 84.4 Å². The van der Waals surface area contributed by atoms with Gasteiger partial charge in [0.15, 0.2) is 0 Å². The first-order valence-electron chi connectivity index (χ1n) is 8.67. The molecule has 26 heavy (non-hydrogen) atoms. The summed E-state index contributed by atoms with van der Waals surface area (Å²) in [6.45, 7) is 2.09. The van der Waals surface area contributed by atoms with Crippen LogP contribution in [0.5, 0.6) is 0 Å². The summed E-state index contributed by atoms with van der Waals surface area (Å²) in [7, 11) is 0. The van der Waals surface area contributed by atoms with Crippen molar-refractivity contribution >= 4 is 22.2 Å². The lowest BCUT2D eigenvalue weighted by Gasteiger charge is -2.12. The van der Waals surface area contributed by atoms with Gasteiger partial charge in [-0.2, -0.15) is 0 Å². The molecular weight excluding hydrogens is 316 g/mol. The van der Waals surface area contributed by atoms with Gasteiger partial charge < -0.3 is 5.73 Å². The third kappa shape index (κ3) is 2.86. The van der Waals surface area contributed by atoms with Crippen LogP contribution in [0.4, 0.5) is 5.69 Å². The monoisotopic (exact) mass is 336 g/mol. The van der Waals surface area contributed by atoms with Crippen molar-refractivity contribution in [1.29, 1.82) is 5.41 Å². The van der Waals surface area contributed by atoms with E-state index in [0.717, 1.165) is 33.0 Å². The predicted molar refractivity (Wildman–Crippen MR) is 111 cm³/mol. The van der Waals surface area contributed by atoms with Crippen LogP contribution in [0.1, 0.15) is 16.7 Å². The SMILES string of the molecule is Cc1cccc(-c2cccc(C(=N)c3ccc4ccccc4c3N)c2)c1. The predicted octanol–water partition coefficient (Wildman–Crippen LogP) is 5.81. The van der Waals surface area contributed by atoms with Crippen molar-refractivity contribution in [1.82, 2.24) is 0 Å². The maximum Gasteiger partial charge on any atom is 0.0705 e. The van der Waals surface area contributed by atoms with Crippen molar-refractivity contribution in [2.24, 2.45) is 0 Å². The maximum absolute atomic E-state index is 8.71. The fraction of sp³-hybridized carbons (Fsp3) is 0.0417. The molecule has 0 fully saturated rings. The van der Waals surface area contributed by atoms with E-state index in [1.165, 1.54) is 5.56 Å². The average Bonchev–Trinajstić information content (AvgIpc) is 2.68. The first-order valence-corrected chi connectivity index (χ1v) is 8.67. The second-order valence-corrected chi connectivity index (χ2v) is 6.57. The highest BCUT2D eigenvalue weighted by Gasteiger charge is 2.12. The van der Waals surface area contributed by atoms with E-state index in [1.54, 1.807) is 0 Å². The fourth-order valence-corrected chi connectivity index (χ4v) is 3.35. The molecule has 0 bridgehead atoms. The summed E-state index contributed by atoms with van der Waals surface area (Å²) in [5.74, 6) is 0. The minimum absolute atomic E-state index is 0.447. The largest absolute Gasteiger partial charge is 0.398 e. The number of hydrogen-bond acceptors (Lipinski definition) is 2. The Hall–Kier alpha value is -3.39. The second kappa shape index (κ2) is 6.49. The summed E-state index contributed by atoms with van der Waals surface area (Å²) in [4.78, 5) is 0. The number of nitrogens with two attached hydrogens (primary N) is 1. The van der Waals surface area contributed by atoms with Crippen molar-refractivity contribution in [3.63, 3.8) is 0 Å². The van der Waals surface area contributed by atoms with Gasteiger partial charge in [-0.15, -0.1) is 0 Å². The van der Waals surface area contributed by atoms with Gasteiger partial charge in [0.1, 0.15) is 0 Å². The Balaban J connectivity index is 1.78. The van der Waals surface area contributed by atoms with Gasteiger partial charge in [0.2, 0.25) is 0 Å². The molecule has 0 saturated carbocycles. The second-order valence-electron chi connectivity index (χ2n) is 6.57. The number of nitrogens with one attached hydrogen (secondary N) is 1. The van der Waals surface area contributed by atoms with Crippen LogP contribution < -0.4 is 5.73 Å². The van der Waals surface area contributed by atoms with Gasteiger partial charge in [0.05, 0.1) is 5.71 Å². The summed E-state index contributed by atoms with van der Waals surface area (Å²) in [6.07, 6.45) is 0. The Kier molecular flexibility index (Phi) is 4.02. The van der Waals surface area contributed by atoms with Crippen molar-refractivity contribution in [2.45, 2.75) is 6.92 Å². The normalized spacial score (nSPS) is 10.8. The van der Waals surface area contributed by atoms with Crippen molar-refractivity contribution in [3.05, 3.63) is 102 Å². The lowest BCUT2D eigenvalue weighted by molar-refractivity contribution is 1.45. The Bertz CT molecular complexity index is 1130. The number of rotatable bonds is 3. The van der Waals surface area contributed by atoms with Gasteiger partial charge in [0, 0.05) is 22.2 Å². The van der Waals surface area contributed by atoms with Crippen LogP contribution in [-0.4, -0.2) is 5.71 Å². The van der Waals surface area contributed by atoms with Crippen LogP contribution in [0.25, 0.3) is 21.9 Å². The van der Waals surface area contributed by atoms with Crippen LogP contribution in [-0.2, 0) is 0 Å². The van der Waals surface area contributed by atoms with E-state index in [9.17, 15) is 0 Å². The van der Waals surface area contributed by atoms with E-state index in [2.05, 4.69) is 43.3 Å². The molecule has 4 aromatic carbocycles. The first kappa shape index (κ1) is 16.1. The molecule has 2 nitrogen and oxygen atoms in total. The van der Waals surface area contributed by atoms with E-state index in [-0.39, 0.29) is 0 Å². The molecule has 0 heterocycles. The molecule has 126 valence electrons. The molecule has 0 unspecified atom stereocenters. The van der Waals surface area contributed by atoms with E-state index < -0.39 is 0 Å². The Morgan fingerprint density at radius 1 is 0.769 bits per heavy atom.